The quantitative estimate of drug-likeness (QED) is 0.861. The Hall–Kier alpha value is -1.69. The van der Waals surface area contributed by atoms with Crippen molar-refractivity contribution in [3.63, 3.8) is 0 Å². The van der Waals surface area contributed by atoms with Crippen LogP contribution in [0.3, 0.4) is 0 Å². The molecule has 1 aromatic rings. The van der Waals surface area contributed by atoms with E-state index in [1.807, 2.05) is 0 Å². The van der Waals surface area contributed by atoms with Crippen LogP contribution >= 0.6 is 0 Å². The Morgan fingerprint density at radius 3 is 2.94 bits per heavy atom. The number of hydrogen-bond donors (Lipinski definition) is 2. The van der Waals surface area contributed by atoms with Crippen LogP contribution in [0.4, 0.5) is 14.9 Å². The summed E-state index contributed by atoms with van der Waals surface area (Å²) in [6.45, 7) is 0.433. The first kappa shape index (κ1) is 12.8. The first-order valence-corrected chi connectivity index (χ1v) is 5.85. The summed E-state index contributed by atoms with van der Waals surface area (Å²) in [5, 5.41) is 5.12. The average molecular weight is 253 g/mol. The van der Waals surface area contributed by atoms with E-state index in [9.17, 15) is 9.18 Å². The van der Waals surface area contributed by atoms with Crippen LogP contribution in [-0.4, -0.2) is 30.3 Å². The van der Waals surface area contributed by atoms with E-state index in [1.54, 1.807) is 7.11 Å². The maximum absolute atomic E-state index is 13.2. The minimum absolute atomic E-state index is 0.113. The first-order chi connectivity index (χ1) is 8.65. The molecule has 1 aromatic heterocycles. The number of carbonyl (C=O) groups excluding carboxylic acids is 1. The van der Waals surface area contributed by atoms with Gasteiger partial charge in [0.05, 0.1) is 17.5 Å². The van der Waals surface area contributed by atoms with Gasteiger partial charge < -0.3 is 15.4 Å². The second-order valence-electron chi connectivity index (χ2n) is 4.40. The predicted molar refractivity (Wildman–Crippen MR) is 64.8 cm³/mol. The Morgan fingerprint density at radius 1 is 1.61 bits per heavy atom. The zero-order chi connectivity index (χ0) is 13.0. The van der Waals surface area contributed by atoms with Crippen LogP contribution in [0.1, 0.15) is 19.3 Å². The molecule has 1 aliphatic carbocycles. The van der Waals surface area contributed by atoms with E-state index in [0.717, 1.165) is 25.5 Å². The summed E-state index contributed by atoms with van der Waals surface area (Å²) in [5.74, 6) is -0.558. The zero-order valence-electron chi connectivity index (χ0n) is 10.2. The molecule has 0 unspecified atom stereocenters. The maximum Gasteiger partial charge on any atom is 0.319 e. The monoisotopic (exact) mass is 253 g/mol. The molecule has 18 heavy (non-hydrogen) atoms. The highest BCUT2D eigenvalue weighted by Gasteiger charge is 2.37. The lowest BCUT2D eigenvalue weighted by Gasteiger charge is -2.40. The van der Waals surface area contributed by atoms with E-state index in [-0.39, 0.29) is 11.3 Å². The SMILES string of the molecule is COC1(CNC(=O)Nc2ccncc2F)CCC1. The van der Waals surface area contributed by atoms with Gasteiger partial charge in [0.25, 0.3) is 0 Å². The molecule has 2 rings (SSSR count). The van der Waals surface area contributed by atoms with Crippen molar-refractivity contribution >= 4 is 11.7 Å². The standard InChI is InChI=1S/C12H16FN3O2/c1-18-12(4-2-5-12)8-15-11(17)16-10-3-6-14-7-9(10)13/h3,6-7H,2,4-5,8H2,1H3,(H2,14,15,16,17). The predicted octanol–water partition coefficient (Wildman–Crippen LogP) is 1.91. The third-order valence-corrected chi connectivity index (χ3v) is 3.29. The molecule has 0 aromatic carbocycles. The number of aromatic nitrogens is 1. The summed E-state index contributed by atoms with van der Waals surface area (Å²) in [5.41, 5.74) is -0.128. The van der Waals surface area contributed by atoms with Gasteiger partial charge in [0.1, 0.15) is 0 Å². The highest BCUT2D eigenvalue weighted by molar-refractivity contribution is 5.89. The van der Waals surface area contributed by atoms with Crippen molar-refractivity contribution in [1.29, 1.82) is 0 Å². The van der Waals surface area contributed by atoms with Gasteiger partial charge in [-0.15, -0.1) is 0 Å². The van der Waals surface area contributed by atoms with Crippen LogP contribution in [0, 0.1) is 5.82 Å². The van der Waals surface area contributed by atoms with Crippen LogP contribution < -0.4 is 10.6 Å². The van der Waals surface area contributed by atoms with Crippen LogP contribution in [0.5, 0.6) is 0 Å². The molecule has 98 valence electrons. The van der Waals surface area contributed by atoms with E-state index in [1.165, 1.54) is 12.3 Å². The van der Waals surface area contributed by atoms with Gasteiger partial charge in [-0.25, -0.2) is 9.18 Å². The molecule has 0 radical (unpaired) electrons. The first-order valence-electron chi connectivity index (χ1n) is 5.85. The minimum atomic E-state index is -0.558. The molecule has 1 aliphatic rings. The molecule has 1 heterocycles. The number of rotatable bonds is 4. The Morgan fingerprint density at radius 2 is 2.39 bits per heavy atom. The topological polar surface area (TPSA) is 63.2 Å². The molecule has 6 heteroatoms. The number of hydrogen-bond acceptors (Lipinski definition) is 3. The minimum Gasteiger partial charge on any atom is -0.376 e. The molecule has 2 amide bonds. The molecular weight excluding hydrogens is 237 g/mol. The third-order valence-electron chi connectivity index (χ3n) is 3.29. The summed E-state index contributed by atoms with van der Waals surface area (Å²) in [6, 6.07) is 0.966. The molecule has 0 saturated heterocycles. The van der Waals surface area contributed by atoms with E-state index in [0.29, 0.717) is 6.54 Å². The van der Waals surface area contributed by atoms with E-state index >= 15 is 0 Å². The molecule has 1 saturated carbocycles. The summed E-state index contributed by atoms with van der Waals surface area (Å²) in [7, 11) is 1.64. The number of methoxy groups -OCH3 is 1. The number of halogens is 1. The lowest BCUT2D eigenvalue weighted by molar-refractivity contribution is -0.0671. The molecule has 2 N–H and O–H groups in total. The molecule has 0 atom stereocenters. The van der Waals surface area contributed by atoms with Crippen molar-refractivity contribution in [1.82, 2.24) is 10.3 Å². The molecule has 1 fully saturated rings. The molecular formula is C12H16FN3O2. The van der Waals surface area contributed by atoms with Gasteiger partial charge >= 0.3 is 6.03 Å². The van der Waals surface area contributed by atoms with Crippen LogP contribution in [0.25, 0.3) is 0 Å². The Bertz CT molecular complexity index is 430. The highest BCUT2D eigenvalue weighted by atomic mass is 19.1. The summed E-state index contributed by atoms with van der Waals surface area (Å²) >= 11 is 0. The van der Waals surface area contributed by atoms with Gasteiger partial charge in [-0.2, -0.15) is 0 Å². The Balaban J connectivity index is 1.84. The van der Waals surface area contributed by atoms with Gasteiger partial charge in [0.2, 0.25) is 0 Å². The van der Waals surface area contributed by atoms with Gasteiger partial charge in [-0.1, -0.05) is 0 Å². The molecule has 5 nitrogen and oxygen atoms in total. The van der Waals surface area contributed by atoms with Gasteiger partial charge in [-0.3, -0.25) is 4.98 Å². The van der Waals surface area contributed by atoms with Crippen molar-refractivity contribution in [3.8, 4) is 0 Å². The fraction of sp³-hybridized carbons (Fsp3) is 0.500. The number of amides is 2. The fourth-order valence-corrected chi connectivity index (χ4v) is 1.91. The second-order valence-corrected chi connectivity index (χ2v) is 4.40. The van der Waals surface area contributed by atoms with Gasteiger partial charge in [0, 0.05) is 19.9 Å². The summed E-state index contributed by atoms with van der Waals surface area (Å²) in [4.78, 5) is 15.2. The smallest absolute Gasteiger partial charge is 0.319 e. The number of ether oxygens (including phenoxy) is 1. The fourth-order valence-electron chi connectivity index (χ4n) is 1.91. The lowest BCUT2D eigenvalue weighted by atomic mass is 9.80. The number of anilines is 1. The normalized spacial score (nSPS) is 16.8. The van der Waals surface area contributed by atoms with Crippen LogP contribution in [-0.2, 0) is 4.74 Å². The van der Waals surface area contributed by atoms with Crippen LogP contribution in [0.15, 0.2) is 18.5 Å². The third kappa shape index (κ3) is 2.76. The zero-order valence-corrected chi connectivity index (χ0v) is 10.2. The number of nitrogens with zero attached hydrogens (tertiary/aromatic N) is 1. The largest absolute Gasteiger partial charge is 0.376 e. The van der Waals surface area contributed by atoms with Crippen molar-refractivity contribution in [2.75, 3.05) is 19.0 Å². The average Bonchev–Trinajstić information content (AvgIpc) is 2.31. The Labute approximate surface area is 105 Å². The van der Waals surface area contributed by atoms with Crippen molar-refractivity contribution in [2.45, 2.75) is 24.9 Å². The molecule has 0 aliphatic heterocycles. The summed E-state index contributed by atoms with van der Waals surface area (Å²) in [6.07, 6.45) is 5.45. The van der Waals surface area contributed by atoms with E-state index < -0.39 is 11.8 Å². The van der Waals surface area contributed by atoms with Crippen LogP contribution in [0.2, 0.25) is 0 Å². The Kier molecular flexibility index (Phi) is 3.76. The molecule has 0 spiro atoms. The number of pyridine rings is 1. The van der Waals surface area contributed by atoms with E-state index in [2.05, 4.69) is 15.6 Å². The molecule has 0 bridgehead atoms. The number of urea groups is 1. The van der Waals surface area contributed by atoms with Crippen molar-refractivity contribution in [2.24, 2.45) is 0 Å². The summed E-state index contributed by atoms with van der Waals surface area (Å²) < 4.78 is 18.6. The van der Waals surface area contributed by atoms with Crippen molar-refractivity contribution in [3.05, 3.63) is 24.3 Å². The number of carbonyl (C=O) groups is 1. The van der Waals surface area contributed by atoms with Crippen molar-refractivity contribution < 1.29 is 13.9 Å². The maximum atomic E-state index is 13.2. The van der Waals surface area contributed by atoms with E-state index in [4.69, 9.17) is 4.74 Å². The highest BCUT2D eigenvalue weighted by Crippen LogP contribution is 2.34. The lowest BCUT2D eigenvalue weighted by Crippen LogP contribution is -2.50. The van der Waals surface area contributed by atoms with Gasteiger partial charge in [-0.05, 0) is 25.3 Å². The van der Waals surface area contributed by atoms with Gasteiger partial charge in [0.15, 0.2) is 5.82 Å². The second kappa shape index (κ2) is 5.30. The number of nitrogens with one attached hydrogen (secondary N) is 2.